The fourth-order valence-electron chi connectivity index (χ4n) is 3.80. The number of imide groups is 1. The summed E-state index contributed by atoms with van der Waals surface area (Å²) in [6.07, 6.45) is 1.54. The third kappa shape index (κ3) is 4.23. The molecule has 0 spiro atoms. The molecular weight excluding hydrogens is 450 g/mol. The van der Waals surface area contributed by atoms with E-state index in [9.17, 15) is 24.8 Å². The fourth-order valence-corrected chi connectivity index (χ4v) is 3.80. The molecule has 10 nitrogen and oxygen atoms in total. The predicted octanol–water partition coefficient (Wildman–Crippen LogP) is 4.13. The second kappa shape index (κ2) is 8.60. The lowest BCUT2D eigenvalue weighted by atomic mass is 10.0. The van der Waals surface area contributed by atoms with Crippen molar-refractivity contribution in [2.24, 2.45) is 4.99 Å². The van der Waals surface area contributed by atoms with Crippen LogP contribution in [0.3, 0.4) is 0 Å². The minimum absolute atomic E-state index is 0.106. The highest BCUT2D eigenvalue weighted by Gasteiger charge is 2.23. The zero-order valence-electron chi connectivity index (χ0n) is 18.0. The highest BCUT2D eigenvalue weighted by molar-refractivity contribution is 6.22. The molecular formula is C25H17N5O5. The number of amides is 3. The number of carbonyl (C=O) groups excluding carboxylic acids is 2. The second-order valence-corrected chi connectivity index (χ2v) is 7.72. The van der Waals surface area contributed by atoms with E-state index in [0.717, 1.165) is 0 Å². The number of nitrogens with one attached hydrogen (secondary N) is 3. The first-order valence-corrected chi connectivity index (χ1v) is 10.5. The number of aromatic hydroxyl groups is 1. The first-order chi connectivity index (χ1) is 16.9. The van der Waals surface area contributed by atoms with Gasteiger partial charge in [0.2, 0.25) is 0 Å². The van der Waals surface area contributed by atoms with Gasteiger partial charge in [0.15, 0.2) is 5.88 Å². The molecule has 3 aromatic carbocycles. The van der Waals surface area contributed by atoms with E-state index in [0.29, 0.717) is 39.0 Å². The molecule has 0 bridgehead atoms. The van der Waals surface area contributed by atoms with Crippen LogP contribution in [-0.2, 0) is 4.79 Å². The van der Waals surface area contributed by atoms with Gasteiger partial charge in [0.25, 0.3) is 11.6 Å². The molecule has 1 aliphatic rings. The number of aliphatic imine (C=N–C) groups is 1. The number of hydrogen-bond donors (Lipinski definition) is 4. The molecule has 3 amide bonds. The van der Waals surface area contributed by atoms with Crippen LogP contribution in [0.2, 0.25) is 0 Å². The van der Waals surface area contributed by atoms with Gasteiger partial charge in [-0.2, -0.15) is 0 Å². The molecule has 2 heterocycles. The van der Waals surface area contributed by atoms with Gasteiger partial charge in [0.05, 0.1) is 21.9 Å². The average molecular weight is 467 g/mol. The van der Waals surface area contributed by atoms with Crippen molar-refractivity contribution in [3.63, 3.8) is 0 Å². The maximum Gasteiger partial charge on any atom is 0.326 e. The van der Waals surface area contributed by atoms with Gasteiger partial charge in [-0.15, -0.1) is 0 Å². The van der Waals surface area contributed by atoms with Gasteiger partial charge in [-0.1, -0.05) is 42.5 Å². The van der Waals surface area contributed by atoms with Gasteiger partial charge in [-0.05, 0) is 29.8 Å². The SMILES string of the molecule is O=C1NC(=O)C(=Cc2ccc(N=C(c3ccccc3)c3c(O)[nH]c4ccc([N+](=O)[O-])cc34)cc2)N1. The summed E-state index contributed by atoms with van der Waals surface area (Å²) in [4.78, 5) is 41.5. The molecule has 35 heavy (non-hydrogen) atoms. The van der Waals surface area contributed by atoms with E-state index in [1.807, 2.05) is 30.3 Å². The van der Waals surface area contributed by atoms with Gasteiger partial charge >= 0.3 is 6.03 Å². The van der Waals surface area contributed by atoms with E-state index in [1.165, 1.54) is 18.2 Å². The number of non-ortho nitro benzene ring substituents is 1. The molecule has 10 heteroatoms. The molecule has 1 aromatic heterocycles. The third-order valence-electron chi connectivity index (χ3n) is 5.42. The zero-order valence-corrected chi connectivity index (χ0v) is 18.0. The lowest BCUT2D eigenvalue weighted by molar-refractivity contribution is -0.384. The number of urea groups is 1. The van der Waals surface area contributed by atoms with Crippen molar-refractivity contribution in [1.82, 2.24) is 15.6 Å². The van der Waals surface area contributed by atoms with Gasteiger partial charge in [0.1, 0.15) is 5.70 Å². The summed E-state index contributed by atoms with van der Waals surface area (Å²) in [5.74, 6) is -0.667. The molecule has 0 atom stereocenters. The van der Waals surface area contributed by atoms with Crippen LogP contribution in [0.4, 0.5) is 16.2 Å². The summed E-state index contributed by atoms with van der Waals surface area (Å²) in [7, 11) is 0. The fraction of sp³-hybridized carbons (Fsp3) is 0. The number of hydrogen-bond acceptors (Lipinski definition) is 6. The Morgan fingerprint density at radius 3 is 2.37 bits per heavy atom. The van der Waals surface area contributed by atoms with Crippen LogP contribution in [0.1, 0.15) is 16.7 Å². The smallest absolute Gasteiger partial charge is 0.326 e. The monoisotopic (exact) mass is 467 g/mol. The van der Waals surface area contributed by atoms with Crippen molar-refractivity contribution in [2.45, 2.75) is 0 Å². The Balaban J connectivity index is 1.61. The Bertz CT molecular complexity index is 1550. The van der Waals surface area contributed by atoms with E-state index in [4.69, 9.17) is 4.99 Å². The Morgan fingerprint density at radius 2 is 1.71 bits per heavy atom. The lowest BCUT2D eigenvalue weighted by Gasteiger charge is -2.08. The maximum atomic E-state index is 11.7. The normalized spacial score (nSPS) is 14.9. The van der Waals surface area contributed by atoms with Crippen LogP contribution >= 0.6 is 0 Å². The number of H-pyrrole nitrogens is 1. The van der Waals surface area contributed by atoms with Crippen LogP contribution < -0.4 is 10.6 Å². The number of nitrogens with zero attached hydrogens (tertiary/aromatic N) is 2. The maximum absolute atomic E-state index is 11.7. The highest BCUT2D eigenvalue weighted by Crippen LogP contribution is 2.33. The van der Waals surface area contributed by atoms with Crippen LogP contribution in [0.5, 0.6) is 5.88 Å². The summed E-state index contributed by atoms with van der Waals surface area (Å²) in [6, 6.07) is 19.8. The van der Waals surface area contributed by atoms with Crippen LogP contribution in [0, 0.1) is 10.1 Å². The molecule has 0 unspecified atom stereocenters. The summed E-state index contributed by atoms with van der Waals surface area (Å²) < 4.78 is 0. The number of benzene rings is 3. The van der Waals surface area contributed by atoms with E-state index in [-0.39, 0.29) is 17.3 Å². The van der Waals surface area contributed by atoms with Crippen LogP contribution in [0.25, 0.3) is 17.0 Å². The standard InChI is InChI=1S/C25H17N5O5/c31-23-20(28-25(33)29-23)12-14-6-8-16(9-7-14)26-22(15-4-2-1-3-5-15)21-18-13-17(30(34)35)10-11-19(18)27-24(21)32/h1-13,27,32H,(H2,28,29,31,33). The number of carbonyl (C=O) groups is 2. The summed E-state index contributed by atoms with van der Waals surface area (Å²) in [5.41, 5.74) is 3.24. The Labute approximate surface area is 197 Å². The van der Waals surface area contributed by atoms with Gasteiger partial charge in [-0.25, -0.2) is 9.79 Å². The molecule has 0 saturated carbocycles. The largest absolute Gasteiger partial charge is 0.494 e. The number of fused-ring (bicyclic) bond motifs is 1. The predicted molar refractivity (Wildman–Crippen MR) is 129 cm³/mol. The Morgan fingerprint density at radius 1 is 0.971 bits per heavy atom. The molecule has 0 aliphatic carbocycles. The summed E-state index contributed by atoms with van der Waals surface area (Å²) in [6.45, 7) is 0. The first kappa shape index (κ1) is 21.6. The van der Waals surface area contributed by atoms with Crippen LogP contribution in [0.15, 0.2) is 83.5 Å². The quantitative estimate of drug-likeness (QED) is 0.114. The number of aromatic nitrogens is 1. The number of nitro groups is 1. The molecule has 1 fully saturated rings. The summed E-state index contributed by atoms with van der Waals surface area (Å²) in [5, 5.41) is 27.1. The van der Waals surface area contributed by atoms with E-state index in [2.05, 4.69) is 15.6 Å². The van der Waals surface area contributed by atoms with Crippen molar-refractivity contribution in [2.75, 3.05) is 0 Å². The molecule has 0 radical (unpaired) electrons. The topological polar surface area (TPSA) is 150 Å². The minimum atomic E-state index is -0.575. The molecule has 1 aliphatic heterocycles. The summed E-state index contributed by atoms with van der Waals surface area (Å²) >= 11 is 0. The average Bonchev–Trinajstić information content (AvgIpc) is 3.35. The Kier molecular flexibility index (Phi) is 5.30. The zero-order chi connectivity index (χ0) is 24.5. The van der Waals surface area contributed by atoms with Crippen LogP contribution in [-0.4, -0.2) is 32.7 Å². The van der Waals surface area contributed by atoms with Gasteiger partial charge in [-0.3, -0.25) is 20.2 Å². The van der Waals surface area contributed by atoms with E-state index in [1.54, 1.807) is 30.3 Å². The second-order valence-electron chi connectivity index (χ2n) is 7.72. The number of nitro benzene ring substituents is 1. The van der Waals surface area contributed by atoms with Gasteiger partial charge in [0, 0.05) is 28.6 Å². The van der Waals surface area contributed by atoms with Crippen molar-refractivity contribution >= 4 is 46.0 Å². The third-order valence-corrected chi connectivity index (χ3v) is 5.42. The number of aromatic amines is 1. The van der Waals surface area contributed by atoms with E-state index >= 15 is 0 Å². The highest BCUT2D eigenvalue weighted by atomic mass is 16.6. The molecule has 4 aromatic rings. The molecule has 5 rings (SSSR count). The molecule has 1 saturated heterocycles. The van der Waals surface area contributed by atoms with Crippen molar-refractivity contribution < 1.29 is 19.6 Å². The first-order valence-electron chi connectivity index (χ1n) is 10.5. The Hall–Kier alpha value is -5.25. The van der Waals surface area contributed by atoms with Crippen molar-refractivity contribution in [3.8, 4) is 5.88 Å². The molecule has 4 N–H and O–H groups in total. The van der Waals surface area contributed by atoms with Crippen molar-refractivity contribution in [3.05, 3.63) is 105 Å². The molecule has 172 valence electrons. The minimum Gasteiger partial charge on any atom is -0.494 e. The van der Waals surface area contributed by atoms with E-state index < -0.39 is 16.9 Å². The van der Waals surface area contributed by atoms with Crippen molar-refractivity contribution in [1.29, 1.82) is 0 Å². The lowest BCUT2D eigenvalue weighted by Crippen LogP contribution is -2.22. The van der Waals surface area contributed by atoms with Gasteiger partial charge < -0.3 is 15.4 Å². The number of rotatable bonds is 5.